The van der Waals surface area contributed by atoms with Crippen LogP contribution in [0.4, 0.5) is 0 Å². The van der Waals surface area contributed by atoms with Crippen molar-refractivity contribution in [1.29, 1.82) is 0 Å². The van der Waals surface area contributed by atoms with Gasteiger partial charge in [0.2, 0.25) is 5.79 Å². The Hall–Kier alpha value is -0.980. The number of Topliss-reactive ketones (excluding diaryl/α,β-unsaturated/α-hetero) is 1. The lowest BCUT2D eigenvalue weighted by molar-refractivity contribution is -0.238. The molecule has 1 fully saturated rings. The number of hydrogen-bond donors (Lipinski definition) is 2. The SMILES string of the molecule is CCCCCCCC(=O)CC(=O)OC[C@@]1(O)OCC[C@@H]1O. The molecule has 1 aliphatic heterocycles. The number of carbonyl (C=O) groups excluding carboxylic acids is 2. The van der Waals surface area contributed by atoms with Crippen molar-refractivity contribution in [2.75, 3.05) is 13.2 Å². The summed E-state index contributed by atoms with van der Waals surface area (Å²) in [5.41, 5.74) is 0. The molecule has 1 heterocycles. The van der Waals surface area contributed by atoms with E-state index in [4.69, 9.17) is 9.47 Å². The number of unbranched alkanes of at least 4 members (excludes halogenated alkanes) is 4. The van der Waals surface area contributed by atoms with E-state index in [1.54, 1.807) is 0 Å². The summed E-state index contributed by atoms with van der Waals surface area (Å²) in [5.74, 6) is -2.68. The van der Waals surface area contributed by atoms with Gasteiger partial charge >= 0.3 is 5.97 Å². The van der Waals surface area contributed by atoms with Gasteiger partial charge in [-0.15, -0.1) is 0 Å². The number of aliphatic hydroxyl groups is 2. The Labute approximate surface area is 125 Å². The van der Waals surface area contributed by atoms with Crippen molar-refractivity contribution in [3.63, 3.8) is 0 Å². The molecule has 0 bridgehead atoms. The first kappa shape index (κ1) is 18.1. The van der Waals surface area contributed by atoms with Gasteiger partial charge in [-0.25, -0.2) is 0 Å². The van der Waals surface area contributed by atoms with Gasteiger partial charge in [0.15, 0.2) is 0 Å². The van der Waals surface area contributed by atoms with E-state index in [-0.39, 0.29) is 18.8 Å². The predicted molar refractivity (Wildman–Crippen MR) is 75.5 cm³/mol. The van der Waals surface area contributed by atoms with Gasteiger partial charge in [0.05, 0.1) is 6.61 Å². The van der Waals surface area contributed by atoms with Gasteiger partial charge in [0, 0.05) is 12.8 Å². The zero-order valence-electron chi connectivity index (χ0n) is 12.7. The Morgan fingerprint density at radius 2 is 2.00 bits per heavy atom. The molecule has 0 spiro atoms. The van der Waals surface area contributed by atoms with Gasteiger partial charge in [-0.2, -0.15) is 0 Å². The molecule has 1 aliphatic rings. The number of esters is 1. The van der Waals surface area contributed by atoms with Crippen LogP contribution in [0.25, 0.3) is 0 Å². The molecule has 0 aliphatic carbocycles. The summed E-state index contributed by atoms with van der Waals surface area (Å²) >= 11 is 0. The van der Waals surface area contributed by atoms with E-state index in [9.17, 15) is 19.8 Å². The molecule has 6 heteroatoms. The molecular weight excluding hydrogens is 276 g/mol. The number of carbonyl (C=O) groups is 2. The van der Waals surface area contributed by atoms with Crippen LogP contribution >= 0.6 is 0 Å². The fraction of sp³-hybridized carbons (Fsp3) is 0.867. The molecule has 0 aromatic carbocycles. The van der Waals surface area contributed by atoms with Crippen molar-refractivity contribution in [2.45, 2.75) is 70.2 Å². The lowest BCUT2D eigenvalue weighted by atomic mass is 10.1. The lowest BCUT2D eigenvalue weighted by Crippen LogP contribution is -2.44. The van der Waals surface area contributed by atoms with Crippen molar-refractivity contribution < 1.29 is 29.3 Å². The summed E-state index contributed by atoms with van der Waals surface area (Å²) in [5, 5.41) is 19.3. The number of rotatable bonds is 10. The molecule has 1 saturated heterocycles. The van der Waals surface area contributed by atoms with Crippen molar-refractivity contribution in [3.8, 4) is 0 Å². The third kappa shape index (κ3) is 6.54. The molecule has 2 N–H and O–H groups in total. The average Bonchev–Trinajstić information content (AvgIpc) is 2.77. The molecule has 0 aromatic heterocycles. The van der Waals surface area contributed by atoms with Gasteiger partial charge < -0.3 is 19.7 Å². The standard InChI is InChI=1S/C15H26O6/c1-2-3-4-5-6-7-12(16)10-14(18)20-11-15(19)13(17)8-9-21-15/h13,17,19H,2-11H2,1H3/t13-,15+/m0/s1. The molecule has 122 valence electrons. The fourth-order valence-electron chi connectivity index (χ4n) is 2.22. The van der Waals surface area contributed by atoms with Crippen molar-refractivity contribution in [2.24, 2.45) is 0 Å². The number of ketones is 1. The molecule has 0 unspecified atom stereocenters. The Morgan fingerprint density at radius 3 is 2.62 bits per heavy atom. The summed E-state index contributed by atoms with van der Waals surface area (Å²) in [6.45, 7) is 1.89. The molecule has 0 radical (unpaired) electrons. The maximum atomic E-state index is 11.6. The molecule has 0 aromatic rings. The molecule has 6 nitrogen and oxygen atoms in total. The van der Waals surface area contributed by atoms with Gasteiger partial charge in [0.1, 0.15) is 24.9 Å². The highest BCUT2D eigenvalue weighted by atomic mass is 16.7. The summed E-state index contributed by atoms with van der Waals surface area (Å²) in [4.78, 5) is 23.1. The van der Waals surface area contributed by atoms with Gasteiger partial charge in [-0.05, 0) is 6.42 Å². The minimum Gasteiger partial charge on any atom is -0.459 e. The van der Waals surface area contributed by atoms with E-state index in [1.165, 1.54) is 0 Å². The van der Waals surface area contributed by atoms with Crippen LogP contribution in [0.2, 0.25) is 0 Å². The largest absolute Gasteiger partial charge is 0.459 e. The Balaban J connectivity index is 2.14. The van der Waals surface area contributed by atoms with E-state index in [1.807, 2.05) is 0 Å². The first-order valence-electron chi connectivity index (χ1n) is 7.69. The number of ether oxygens (including phenoxy) is 2. The average molecular weight is 302 g/mol. The maximum Gasteiger partial charge on any atom is 0.313 e. The summed E-state index contributed by atoms with van der Waals surface area (Å²) in [6, 6.07) is 0. The first-order chi connectivity index (χ1) is 9.98. The van der Waals surface area contributed by atoms with Crippen LogP contribution < -0.4 is 0 Å². The Bertz CT molecular complexity index is 343. The van der Waals surface area contributed by atoms with Crippen LogP contribution in [0.3, 0.4) is 0 Å². The summed E-state index contributed by atoms with van der Waals surface area (Å²) < 4.78 is 9.77. The van der Waals surface area contributed by atoms with Crippen LogP contribution in [0.1, 0.15) is 58.3 Å². The topological polar surface area (TPSA) is 93.1 Å². The number of hydrogen-bond acceptors (Lipinski definition) is 6. The predicted octanol–water partition coefficient (Wildman–Crippen LogP) is 1.32. The van der Waals surface area contributed by atoms with E-state index in [0.29, 0.717) is 12.8 Å². The molecule has 0 saturated carbocycles. The van der Waals surface area contributed by atoms with Gasteiger partial charge in [-0.3, -0.25) is 9.59 Å². The van der Waals surface area contributed by atoms with Crippen LogP contribution in [0.5, 0.6) is 0 Å². The summed E-state index contributed by atoms with van der Waals surface area (Å²) in [6.07, 6.45) is 4.52. The Kier molecular flexibility index (Phi) is 7.85. The van der Waals surface area contributed by atoms with Crippen molar-refractivity contribution in [3.05, 3.63) is 0 Å². The van der Waals surface area contributed by atoms with E-state index in [2.05, 4.69) is 6.92 Å². The molecule has 1 rings (SSSR count). The molecular formula is C15H26O6. The fourth-order valence-corrected chi connectivity index (χ4v) is 2.22. The normalized spacial score (nSPS) is 25.0. The third-order valence-corrected chi connectivity index (χ3v) is 3.60. The second-order valence-corrected chi connectivity index (χ2v) is 5.54. The van der Waals surface area contributed by atoms with E-state index in [0.717, 1.165) is 32.1 Å². The highest BCUT2D eigenvalue weighted by Gasteiger charge is 2.43. The lowest BCUT2D eigenvalue weighted by Gasteiger charge is -2.24. The minimum atomic E-state index is -1.83. The molecule has 21 heavy (non-hydrogen) atoms. The Morgan fingerprint density at radius 1 is 1.29 bits per heavy atom. The van der Waals surface area contributed by atoms with Crippen molar-refractivity contribution >= 4 is 11.8 Å². The third-order valence-electron chi connectivity index (χ3n) is 3.60. The summed E-state index contributed by atoms with van der Waals surface area (Å²) in [7, 11) is 0. The van der Waals surface area contributed by atoms with Gasteiger partial charge in [0.25, 0.3) is 0 Å². The van der Waals surface area contributed by atoms with Crippen molar-refractivity contribution in [1.82, 2.24) is 0 Å². The zero-order chi connectivity index (χ0) is 15.7. The van der Waals surface area contributed by atoms with E-state index < -0.39 is 24.5 Å². The zero-order valence-corrected chi connectivity index (χ0v) is 12.7. The maximum absolute atomic E-state index is 11.6. The first-order valence-corrected chi connectivity index (χ1v) is 7.69. The van der Waals surface area contributed by atoms with Gasteiger partial charge in [-0.1, -0.05) is 32.6 Å². The highest BCUT2D eigenvalue weighted by molar-refractivity contribution is 5.95. The second kappa shape index (κ2) is 9.12. The van der Waals surface area contributed by atoms with E-state index >= 15 is 0 Å². The van der Waals surface area contributed by atoms with Crippen LogP contribution in [0.15, 0.2) is 0 Å². The monoisotopic (exact) mass is 302 g/mol. The van der Waals surface area contributed by atoms with Crippen LogP contribution in [-0.2, 0) is 19.1 Å². The molecule has 0 amide bonds. The smallest absolute Gasteiger partial charge is 0.313 e. The highest BCUT2D eigenvalue weighted by Crippen LogP contribution is 2.23. The van der Waals surface area contributed by atoms with Crippen LogP contribution in [0, 0.1) is 0 Å². The van der Waals surface area contributed by atoms with Crippen LogP contribution in [-0.4, -0.2) is 47.1 Å². The number of aliphatic hydroxyl groups excluding tert-OH is 1. The second-order valence-electron chi connectivity index (χ2n) is 5.54. The molecule has 2 atom stereocenters. The minimum absolute atomic E-state index is 0.156. The quantitative estimate of drug-likeness (QED) is 0.359.